The van der Waals surface area contributed by atoms with Gasteiger partial charge in [-0.15, -0.1) is 16.4 Å². The van der Waals surface area contributed by atoms with Crippen LogP contribution in [0.5, 0.6) is 0 Å². The number of nitrogens with one attached hydrogen (secondary N) is 2. The third kappa shape index (κ3) is 3.23. The summed E-state index contributed by atoms with van der Waals surface area (Å²) in [5, 5.41) is 11.6. The predicted octanol–water partition coefficient (Wildman–Crippen LogP) is 3.00. The standard InChI is InChI=1S/C18H17F3N6OS/c19-18(20,21)15-13(5-6-29-15)24-16(28)14-4-3-12-8-23-17(25-27(12)14)26-9-10-1-2-11(26)7-22-10/h3-6,8,10-11,22H,1-2,7,9H2,(H,24,28)/t10-,11+/m1/s1. The lowest BCUT2D eigenvalue weighted by Crippen LogP contribution is -2.61. The van der Waals surface area contributed by atoms with Gasteiger partial charge in [0.15, 0.2) is 0 Å². The van der Waals surface area contributed by atoms with Crippen molar-refractivity contribution in [1.29, 1.82) is 0 Å². The van der Waals surface area contributed by atoms with Crippen LogP contribution >= 0.6 is 11.3 Å². The van der Waals surface area contributed by atoms with Crippen molar-refractivity contribution in [2.24, 2.45) is 0 Å². The SMILES string of the molecule is O=C(Nc1ccsc1C(F)(F)F)c1ccc2cnc(N3C[C@H]4CC[C@H]3CN4)nn12. The number of nitrogens with zero attached hydrogens (tertiary/aromatic N) is 4. The molecule has 0 radical (unpaired) electrons. The number of hydrogen-bond donors (Lipinski definition) is 2. The van der Waals surface area contributed by atoms with E-state index < -0.39 is 17.0 Å². The third-order valence-electron chi connectivity index (χ3n) is 5.40. The van der Waals surface area contributed by atoms with Crippen LogP contribution in [0.3, 0.4) is 0 Å². The molecule has 0 saturated carbocycles. The molecule has 29 heavy (non-hydrogen) atoms. The number of fused-ring (bicyclic) bond motifs is 4. The second kappa shape index (κ2) is 6.70. The van der Waals surface area contributed by atoms with Gasteiger partial charge in [-0.1, -0.05) is 0 Å². The number of anilines is 2. The molecule has 3 aromatic rings. The van der Waals surface area contributed by atoms with Gasteiger partial charge < -0.3 is 15.5 Å². The Hall–Kier alpha value is -2.66. The van der Waals surface area contributed by atoms with Crippen LogP contribution in [0, 0.1) is 0 Å². The first kappa shape index (κ1) is 18.4. The molecule has 3 saturated heterocycles. The van der Waals surface area contributed by atoms with E-state index in [0.29, 0.717) is 34.9 Å². The van der Waals surface area contributed by atoms with E-state index in [0.717, 1.165) is 25.9 Å². The quantitative estimate of drug-likeness (QED) is 0.679. The summed E-state index contributed by atoms with van der Waals surface area (Å²) in [4.78, 5) is 18.4. The molecule has 3 aliphatic heterocycles. The second-order valence-electron chi connectivity index (χ2n) is 7.22. The summed E-state index contributed by atoms with van der Waals surface area (Å²) < 4.78 is 40.7. The van der Waals surface area contributed by atoms with Crippen molar-refractivity contribution in [3.05, 3.63) is 40.3 Å². The zero-order valence-electron chi connectivity index (χ0n) is 15.1. The fourth-order valence-electron chi connectivity index (χ4n) is 3.96. The van der Waals surface area contributed by atoms with Crippen molar-refractivity contribution in [1.82, 2.24) is 19.9 Å². The third-order valence-corrected chi connectivity index (χ3v) is 6.35. The summed E-state index contributed by atoms with van der Waals surface area (Å²) >= 11 is 0.543. The molecule has 0 unspecified atom stereocenters. The van der Waals surface area contributed by atoms with Crippen molar-refractivity contribution in [2.75, 3.05) is 23.3 Å². The smallest absolute Gasteiger partial charge is 0.334 e. The first-order chi connectivity index (χ1) is 13.9. The summed E-state index contributed by atoms with van der Waals surface area (Å²) in [6.45, 7) is 1.66. The van der Waals surface area contributed by atoms with Gasteiger partial charge in [-0.2, -0.15) is 13.2 Å². The van der Waals surface area contributed by atoms with Crippen LogP contribution in [0.15, 0.2) is 29.8 Å². The van der Waals surface area contributed by atoms with Gasteiger partial charge in [-0.05, 0) is 36.4 Å². The van der Waals surface area contributed by atoms with E-state index in [9.17, 15) is 18.0 Å². The summed E-state index contributed by atoms with van der Waals surface area (Å²) in [6, 6.07) is 5.14. The molecule has 2 N–H and O–H groups in total. The van der Waals surface area contributed by atoms with Crippen LogP contribution in [0.2, 0.25) is 0 Å². The molecule has 0 aliphatic carbocycles. The van der Waals surface area contributed by atoms with Gasteiger partial charge in [0.2, 0.25) is 5.95 Å². The highest BCUT2D eigenvalue weighted by atomic mass is 32.1. The van der Waals surface area contributed by atoms with E-state index in [1.54, 1.807) is 12.3 Å². The normalized spacial score (nSPS) is 21.7. The summed E-state index contributed by atoms with van der Waals surface area (Å²) in [5.41, 5.74) is 0.500. The number of halogens is 3. The number of thiophene rings is 1. The molecule has 2 atom stereocenters. The van der Waals surface area contributed by atoms with E-state index in [1.807, 2.05) is 0 Å². The molecule has 7 nitrogen and oxygen atoms in total. The Kier molecular flexibility index (Phi) is 4.24. The lowest BCUT2D eigenvalue weighted by Gasteiger charge is -2.45. The van der Waals surface area contributed by atoms with E-state index >= 15 is 0 Å². The molecule has 2 bridgehead atoms. The summed E-state index contributed by atoms with van der Waals surface area (Å²) in [7, 11) is 0. The molecule has 3 fully saturated rings. The van der Waals surface area contributed by atoms with Gasteiger partial charge in [0.05, 0.1) is 17.4 Å². The molecular formula is C18H17F3N6OS. The number of hydrogen-bond acceptors (Lipinski definition) is 6. The van der Waals surface area contributed by atoms with Gasteiger partial charge >= 0.3 is 6.18 Å². The minimum Gasteiger partial charge on any atom is -0.334 e. The second-order valence-corrected chi connectivity index (χ2v) is 8.13. The number of rotatable bonds is 3. The van der Waals surface area contributed by atoms with Crippen LogP contribution in [0.1, 0.15) is 28.2 Å². The average molecular weight is 422 g/mol. The Balaban J connectivity index is 1.45. The summed E-state index contributed by atoms with van der Waals surface area (Å²) in [6.07, 6.45) is -0.727. The Morgan fingerprint density at radius 1 is 1.28 bits per heavy atom. The highest BCUT2D eigenvalue weighted by Gasteiger charge is 2.36. The zero-order chi connectivity index (χ0) is 20.2. The van der Waals surface area contributed by atoms with Crippen molar-refractivity contribution < 1.29 is 18.0 Å². The fraction of sp³-hybridized carbons (Fsp3) is 0.389. The number of alkyl halides is 3. The topological polar surface area (TPSA) is 74.6 Å². The van der Waals surface area contributed by atoms with E-state index in [2.05, 4.69) is 25.6 Å². The van der Waals surface area contributed by atoms with Crippen molar-refractivity contribution >= 4 is 34.4 Å². The molecule has 6 heterocycles. The van der Waals surface area contributed by atoms with Gasteiger partial charge in [0.25, 0.3) is 5.91 Å². The van der Waals surface area contributed by atoms with Crippen LogP contribution < -0.4 is 15.5 Å². The van der Waals surface area contributed by atoms with Crippen LogP contribution in [-0.2, 0) is 6.18 Å². The zero-order valence-corrected chi connectivity index (χ0v) is 15.9. The molecule has 0 aromatic carbocycles. The Labute approximate surface area is 167 Å². The van der Waals surface area contributed by atoms with E-state index in [4.69, 9.17) is 0 Å². The van der Waals surface area contributed by atoms with Gasteiger partial charge in [-0.25, -0.2) is 9.50 Å². The number of carbonyl (C=O) groups is 1. The first-order valence-corrected chi connectivity index (χ1v) is 10.1. The highest BCUT2D eigenvalue weighted by Crippen LogP contribution is 2.39. The minimum absolute atomic E-state index is 0.156. The lowest BCUT2D eigenvalue weighted by atomic mass is 9.93. The molecule has 11 heteroatoms. The number of carbonyl (C=O) groups excluding carboxylic acids is 1. The molecular weight excluding hydrogens is 405 g/mol. The summed E-state index contributed by atoms with van der Waals surface area (Å²) in [5.74, 6) is -0.133. The van der Waals surface area contributed by atoms with Gasteiger partial charge in [0, 0.05) is 25.2 Å². The molecule has 6 rings (SSSR count). The van der Waals surface area contributed by atoms with E-state index in [1.165, 1.54) is 22.0 Å². The predicted molar refractivity (Wildman–Crippen MR) is 102 cm³/mol. The van der Waals surface area contributed by atoms with Crippen molar-refractivity contribution in [3.63, 3.8) is 0 Å². The maximum absolute atomic E-state index is 13.1. The first-order valence-electron chi connectivity index (χ1n) is 9.21. The van der Waals surface area contributed by atoms with Gasteiger partial charge in [-0.3, -0.25) is 4.79 Å². The van der Waals surface area contributed by atoms with Crippen LogP contribution in [0.4, 0.5) is 24.8 Å². The molecule has 0 spiro atoms. The molecule has 3 aromatic heterocycles. The minimum atomic E-state index is -4.52. The van der Waals surface area contributed by atoms with Gasteiger partial charge in [0.1, 0.15) is 10.6 Å². The average Bonchev–Trinajstić information content (AvgIpc) is 3.35. The van der Waals surface area contributed by atoms with E-state index in [-0.39, 0.29) is 11.4 Å². The Morgan fingerprint density at radius 3 is 2.83 bits per heavy atom. The highest BCUT2D eigenvalue weighted by molar-refractivity contribution is 7.10. The number of amides is 1. The van der Waals surface area contributed by atoms with Crippen molar-refractivity contribution in [2.45, 2.75) is 31.1 Å². The lowest BCUT2D eigenvalue weighted by molar-refractivity contribution is -0.133. The fourth-order valence-corrected chi connectivity index (χ4v) is 4.68. The number of aromatic nitrogens is 3. The molecule has 152 valence electrons. The largest absolute Gasteiger partial charge is 0.427 e. The Morgan fingerprint density at radius 2 is 2.14 bits per heavy atom. The van der Waals surface area contributed by atoms with Crippen molar-refractivity contribution in [3.8, 4) is 0 Å². The number of piperazine rings is 1. The molecule has 3 aliphatic rings. The maximum Gasteiger partial charge on any atom is 0.427 e. The maximum atomic E-state index is 13.1. The molecule has 1 amide bonds. The Bertz CT molecular complexity index is 1070. The van der Waals surface area contributed by atoms with Crippen LogP contribution in [0.25, 0.3) is 5.52 Å². The number of piperidine rings is 2. The monoisotopic (exact) mass is 422 g/mol. The van der Waals surface area contributed by atoms with Crippen LogP contribution in [-0.4, -0.2) is 45.7 Å².